The standard InChI is InChI=1S/C14H14N4O2.HI/c1-16-9-15-12-11(16)13(19)18(14(20)17(12)2)8-10-6-4-3-5-7-10;/h3-7,9H,8H2,1-2H3;1H. The topological polar surface area (TPSA) is 61.8 Å². The molecule has 21 heavy (non-hydrogen) atoms. The summed E-state index contributed by atoms with van der Waals surface area (Å²) in [7, 11) is 3.37. The Hall–Kier alpha value is -1.90. The smallest absolute Gasteiger partial charge is 0.328 e. The largest absolute Gasteiger partial charge is 0.332 e. The van der Waals surface area contributed by atoms with E-state index in [-0.39, 0.29) is 41.8 Å². The Morgan fingerprint density at radius 1 is 1.10 bits per heavy atom. The summed E-state index contributed by atoms with van der Waals surface area (Å²) in [6.45, 7) is 0.257. The van der Waals surface area contributed by atoms with Crippen LogP contribution in [0.2, 0.25) is 0 Å². The highest BCUT2D eigenvalue weighted by atomic mass is 127. The third kappa shape index (κ3) is 2.53. The van der Waals surface area contributed by atoms with Crippen LogP contribution in [0, 0.1) is 0 Å². The molecule has 6 nitrogen and oxygen atoms in total. The first-order chi connectivity index (χ1) is 9.59. The van der Waals surface area contributed by atoms with Crippen molar-refractivity contribution in [3.63, 3.8) is 0 Å². The van der Waals surface area contributed by atoms with E-state index in [0.29, 0.717) is 11.2 Å². The Kier molecular flexibility index (Phi) is 4.31. The van der Waals surface area contributed by atoms with Gasteiger partial charge in [-0.05, 0) is 5.56 Å². The summed E-state index contributed by atoms with van der Waals surface area (Å²) in [6, 6.07) is 9.44. The number of hydrogen-bond donors (Lipinski definition) is 0. The summed E-state index contributed by atoms with van der Waals surface area (Å²) in [5.74, 6) is 0. The molecule has 0 aliphatic carbocycles. The van der Waals surface area contributed by atoms with Crippen LogP contribution in [0.15, 0.2) is 46.2 Å². The van der Waals surface area contributed by atoms with Gasteiger partial charge in [-0.2, -0.15) is 0 Å². The van der Waals surface area contributed by atoms with Crippen LogP contribution in [-0.4, -0.2) is 18.7 Å². The molecule has 1 aromatic carbocycles. The minimum atomic E-state index is -0.356. The summed E-state index contributed by atoms with van der Waals surface area (Å²) < 4.78 is 4.28. The summed E-state index contributed by atoms with van der Waals surface area (Å²) in [6.07, 6.45) is 1.54. The quantitative estimate of drug-likeness (QED) is 0.608. The van der Waals surface area contributed by atoms with Gasteiger partial charge in [0, 0.05) is 14.1 Å². The molecular formula is C14H15IN4O2. The summed E-state index contributed by atoms with van der Waals surface area (Å²) in [5.41, 5.74) is 1.08. The minimum Gasteiger partial charge on any atom is -0.328 e. The highest BCUT2D eigenvalue weighted by Gasteiger charge is 2.14. The van der Waals surface area contributed by atoms with Crippen molar-refractivity contribution in [3.05, 3.63) is 63.1 Å². The number of nitrogens with zero attached hydrogens (tertiary/aromatic N) is 4. The van der Waals surface area contributed by atoms with E-state index in [0.717, 1.165) is 5.56 Å². The van der Waals surface area contributed by atoms with Crippen LogP contribution in [0.5, 0.6) is 0 Å². The molecule has 0 unspecified atom stereocenters. The van der Waals surface area contributed by atoms with Crippen LogP contribution in [0.25, 0.3) is 11.2 Å². The van der Waals surface area contributed by atoms with Gasteiger partial charge in [0.25, 0.3) is 5.56 Å². The molecule has 0 amide bonds. The first-order valence-electron chi connectivity index (χ1n) is 6.24. The molecule has 0 saturated heterocycles. The highest BCUT2D eigenvalue weighted by Crippen LogP contribution is 2.04. The van der Waals surface area contributed by atoms with Gasteiger partial charge in [-0.25, -0.2) is 9.78 Å². The second kappa shape index (κ2) is 5.84. The van der Waals surface area contributed by atoms with Crippen molar-refractivity contribution in [2.45, 2.75) is 6.54 Å². The van der Waals surface area contributed by atoms with Gasteiger partial charge in [0.15, 0.2) is 11.2 Å². The first-order valence-corrected chi connectivity index (χ1v) is 6.24. The van der Waals surface area contributed by atoms with E-state index in [2.05, 4.69) is 4.98 Å². The van der Waals surface area contributed by atoms with Gasteiger partial charge in [-0.15, -0.1) is 24.0 Å². The Morgan fingerprint density at radius 2 is 1.76 bits per heavy atom. The van der Waals surface area contributed by atoms with Gasteiger partial charge in [0.05, 0.1) is 12.9 Å². The summed E-state index contributed by atoms with van der Waals surface area (Å²) in [5, 5.41) is 0. The Balaban J connectivity index is 0.00000161. The molecule has 3 rings (SSSR count). The molecule has 0 bridgehead atoms. The lowest BCUT2D eigenvalue weighted by atomic mass is 10.2. The SMILES string of the molecule is Cn1cnc2c1c(=O)n(Cc1ccccc1)c(=O)n2C.I. The van der Waals surface area contributed by atoms with E-state index < -0.39 is 0 Å². The third-order valence-electron chi connectivity index (χ3n) is 3.38. The Morgan fingerprint density at radius 3 is 2.43 bits per heavy atom. The van der Waals surface area contributed by atoms with Crippen molar-refractivity contribution in [2.24, 2.45) is 14.1 Å². The lowest BCUT2D eigenvalue weighted by Gasteiger charge is -2.08. The van der Waals surface area contributed by atoms with Crippen molar-refractivity contribution in [1.29, 1.82) is 0 Å². The maximum atomic E-state index is 12.5. The van der Waals surface area contributed by atoms with Gasteiger partial charge < -0.3 is 4.57 Å². The molecule has 0 saturated carbocycles. The molecule has 7 heteroatoms. The van der Waals surface area contributed by atoms with Gasteiger partial charge in [-0.3, -0.25) is 13.9 Å². The molecule has 0 aliphatic heterocycles. The zero-order chi connectivity index (χ0) is 14.3. The van der Waals surface area contributed by atoms with E-state index in [1.165, 1.54) is 9.13 Å². The fourth-order valence-electron chi connectivity index (χ4n) is 2.30. The number of hydrogen-bond acceptors (Lipinski definition) is 3. The Labute approximate surface area is 137 Å². The van der Waals surface area contributed by atoms with Gasteiger partial charge in [0.2, 0.25) is 0 Å². The number of rotatable bonds is 2. The van der Waals surface area contributed by atoms with Crippen molar-refractivity contribution in [3.8, 4) is 0 Å². The van der Waals surface area contributed by atoms with Gasteiger partial charge in [-0.1, -0.05) is 30.3 Å². The van der Waals surface area contributed by atoms with Crippen LogP contribution in [-0.2, 0) is 20.6 Å². The lowest BCUT2D eigenvalue weighted by Crippen LogP contribution is -2.39. The molecule has 0 aliphatic rings. The van der Waals surface area contributed by atoms with Gasteiger partial charge >= 0.3 is 5.69 Å². The average molecular weight is 398 g/mol. The summed E-state index contributed by atoms with van der Waals surface area (Å²) in [4.78, 5) is 28.9. The van der Waals surface area contributed by atoms with E-state index >= 15 is 0 Å². The maximum absolute atomic E-state index is 12.5. The number of halogens is 1. The highest BCUT2D eigenvalue weighted by molar-refractivity contribution is 14.0. The number of aryl methyl sites for hydroxylation is 2. The Bertz CT molecular complexity index is 893. The fourth-order valence-corrected chi connectivity index (χ4v) is 2.30. The second-order valence-electron chi connectivity index (χ2n) is 4.75. The van der Waals surface area contributed by atoms with Crippen LogP contribution in [0.1, 0.15) is 5.56 Å². The molecule has 2 heterocycles. The minimum absolute atomic E-state index is 0. The molecule has 2 aromatic heterocycles. The van der Waals surface area contributed by atoms with Crippen molar-refractivity contribution in [1.82, 2.24) is 18.7 Å². The average Bonchev–Trinajstić information content (AvgIpc) is 2.84. The first kappa shape index (κ1) is 15.5. The fraction of sp³-hybridized carbons (Fsp3) is 0.214. The van der Waals surface area contributed by atoms with Crippen molar-refractivity contribution < 1.29 is 0 Å². The van der Waals surface area contributed by atoms with Crippen LogP contribution < -0.4 is 11.2 Å². The van der Waals surface area contributed by atoms with Crippen LogP contribution in [0.4, 0.5) is 0 Å². The molecule has 3 aromatic rings. The molecule has 0 atom stereocenters. The van der Waals surface area contributed by atoms with E-state index in [4.69, 9.17) is 0 Å². The second-order valence-corrected chi connectivity index (χ2v) is 4.75. The molecule has 110 valence electrons. The van der Waals surface area contributed by atoms with Crippen LogP contribution >= 0.6 is 24.0 Å². The predicted molar refractivity (Wildman–Crippen MR) is 91.2 cm³/mol. The lowest BCUT2D eigenvalue weighted by molar-refractivity contribution is 0.655. The summed E-state index contributed by atoms with van der Waals surface area (Å²) >= 11 is 0. The molecule has 0 N–H and O–H groups in total. The molecule has 0 spiro atoms. The number of imidazole rings is 1. The number of aromatic nitrogens is 4. The van der Waals surface area contributed by atoms with Gasteiger partial charge in [0.1, 0.15) is 0 Å². The normalized spacial score (nSPS) is 10.6. The van der Waals surface area contributed by atoms with E-state index in [9.17, 15) is 9.59 Å². The number of fused-ring (bicyclic) bond motifs is 1. The van der Waals surface area contributed by atoms with Crippen molar-refractivity contribution >= 4 is 35.1 Å². The maximum Gasteiger partial charge on any atom is 0.332 e. The van der Waals surface area contributed by atoms with Crippen molar-refractivity contribution in [2.75, 3.05) is 0 Å². The van der Waals surface area contributed by atoms with E-state index in [1.807, 2.05) is 30.3 Å². The zero-order valence-electron chi connectivity index (χ0n) is 11.7. The molecule has 0 fully saturated rings. The third-order valence-corrected chi connectivity index (χ3v) is 3.38. The zero-order valence-corrected chi connectivity index (χ0v) is 14.0. The molecule has 0 radical (unpaired) electrons. The monoisotopic (exact) mass is 398 g/mol. The predicted octanol–water partition coefficient (Wildman–Crippen LogP) is 1.10. The van der Waals surface area contributed by atoms with Crippen LogP contribution in [0.3, 0.4) is 0 Å². The molecular weight excluding hydrogens is 383 g/mol. The number of benzene rings is 1. The van der Waals surface area contributed by atoms with E-state index in [1.54, 1.807) is 25.0 Å².